The molecule has 0 heterocycles. The Hall–Kier alpha value is -2.11. The SMILES string of the molecule is O=C(O)C=C1CC=CC(C(=O)O)C1C(=O)O. The quantitative estimate of drug-likeness (QED) is 0.473. The minimum absolute atomic E-state index is 0.0925. The van der Waals surface area contributed by atoms with Crippen molar-refractivity contribution in [1.29, 1.82) is 0 Å². The van der Waals surface area contributed by atoms with Crippen LogP contribution >= 0.6 is 0 Å². The molecule has 0 aromatic heterocycles. The van der Waals surface area contributed by atoms with Gasteiger partial charge in [0.2, 0.25) is 0 Å². The number of hydrogen-bond acceptors (Lipinski definition) is 3. The highest BCUT2D eigenvalue weighted by atomic mass is 16.4. The van der Waals surface area contributed by atoms with Gasteiger partial charge in [-0.3, -0.25) is 9.59 Å². The Morgan fingerprint density at radius 1 is 1.19 bits per heavy atom. The second kappa shape index (κ2) is 4.61. The fourth-order valence-corrected chi connectivity index (χ4v) is 1.66. The lowest BCUT2D eigenvalue weighted by atomic mass is 9.80. The van der Waals surface area contributed by atoms with Gasteiger partial charge in [0.1, 0.15) is 0 Å². The molecule has 6 heteroatoms. The van der Waals surface area contributed by atoms with E-state index < -0.39 is 29.7 Å². The highest BCUT2D eigenvalue weighted by molar-refractivity contribution is 5.88. The molecule has 16 heavy (non-hydrogen) atoms. The smallest absolute Gasteiger partial charge is 0.328 e. The highest BCUT2D eigenvalue weighted by Gasteiger charge is 2.36. The van der Waals surface area contributed by atoms with Crippen LogP contribution in [-0.4, -0.2) is 33.2 Å². The van der Waals surface area contributed by atoms with Crippen LogP contribution in [0.15, 0.2) is 23.8 Å². The molecule has 1 aliphatic rings. The Kier molecular flexibility index (Phi) is 3.44. The average Bonchev–Trinajstić information content (AvgIpc) is 2.15. The Morgan fingerprint density at radius 2 is 1.81 bits per heavy atom. The van der Waals surface area contributed by atoms with E-state index in [1.165, 1.54) is 12.2 Å². The molecular formula is C10H10O6. The fraction of sp³-hybridized carbons (Fsp3) is 0.300. The molecule has 0 aliphatic heterocycles. The molecule has 0 amide bonds. The topological polar surface area (TPSA) is 112 Å². The normalized spacial score (nSPS) is 26.6. The average molecular weight is 226 g/mol. The summed E-state index contributed by atoms with van der Waals surface area (Å²) in [6.07, 6.45) is 3.65. The zero-order valence-electron chi connectivity index (χ0n) is 8.16. The van der Waals surface area contributed by atoms with Gasteiger partial charge in [-0.25, -0.2) is 4.79 Å². The summed E-state index contributed by atoms with van der Waals surface area (Å²) in [5.41, 5.74) is 0.0925. The maximum atomic E-state index is 10.9. The Labute approximate surface area is 90.5 Å². The summed E-state index contributed by atoms with van der Waals surface area (Å²) in [5, 5.41) is 26.3. The third-order valence-corrected chi connectivity index (χ3v) is 2.32. The molecule has 3 N–H and O–H groups in total. The molecule has 1 rings (SSSR count). The molecule has 1 aliphatic carbocycles. The standard InChI is InChI=1S/C10H10O6/c11-7(12)4-5-2-1-3-6(9(13)14)8(5)10(15)16/h1,3-4,6,8H,2H2,(H,11,12)(H,13,14)(H,15,16). The van der Waals surface area contributed by atoms with Gasteiger partial charge in [0.15, 0.2) is 0 Å². The van der Waals surface area contributed by atoms with Gasteiger partial charge in [-0.2, -0.15) is 0 Å². The first-order valence-electron chi connectivity index (χ1n) is 4.49. The summed E-state index contributed by atoms with van der Waals surface area (Å²) in [5.74, 6) is -6.40. The van der Waals surface area contributed by atoms with Crippen molar-refractivity contribution < 1.29 is 29.7 Å². The molecule has 0 saturated carbocycles. The van der Waals surface area contributed by atoms with Crippen molar-refractivity contribution in [2.45, 2.75) is 6.42 Å². The second-order valence-electron chi connectivity index (χ2n) is 3.37. The van der Waals surface area contributed by atoms with Gasteiger partial charge in [-0.1, -0.05) is 12.2 Å². The van der Waals surface area contributed by atoms with Gasteiger partial charge < -0.3 is 15.3 Å². The van der Waals surface area contributed by atoms with E-state index in [0.717, 1.165) is 6.08 Å². The first-order chi connectivity index (χ1) is 7.43. The van der Waals surface area contributed by atoms with Crippen LogP contribution in [0.1, 0.15) is 6.42 Å². The first-order valence-corrected chi connectivity index (χ1v) is 4.49. The molecule has 0 radical (unpaired) electrons. The Morgan fingerprint density at radius 3 is 2.25 bits per heavy atom. The third-order valence-electron chi connectivity index (χ3n) is 2.32. The van der Waals surface area contributed by atoms with Crippen molar-refractivity contribution >= 4 is 17.9 Å². The van der Waals surface area contributed by atoms with Crippen molar-refractivity contribution in [3.8, 4) is 0 Å². The lowest BCUT2D eigenvalue weighted by molar-refractivity contribution is -0.150. The lowest BCUT2D eigenvalue weighted by Gasteiger charge is -2.23. The number of carboxylic acids is 3. The molecule has 0 fully saturated rings. The number of hydrogen-bond donors (Lipinski definition) is 3. The maximum Gasteiger partial charge on any atom is 0.328 e. The van der Waals surface area contributed by atoms with Gasteiger partial charge >= 0.3 is 17.9 Å². The number of aliphatic carboxylic acids is 3. The molecule has 0 spiro atoms. The van der Waals surface area contributed by atoms with Gasteiger partial charge in [0.05, 0.1) is 11.8 Å². The third kappa shape index (κ3) is 2.47. The van der Waals surface area contributed by atoms with E-state index in [1.54, 1.807) is 0 Å². The summed E-state index contributed by atoms with van der Waals surface area (Å²) in [6, 6.07) is 0. The van der Waals surface area contributed by atoms with Gasteiger partial charge in [-0.05, 0) is 12.0 Å². The van der Waals surface area contributed by atoms with Crippen molar-refractivity contribution in [3.63, 3.8) is 0 Å². The van der Waals surface area contributed by atoms with E-state index >= 15 is 0 Å². The van der Waals surface area contributed by atoms with Crippen molar-refractivity contribution in [3.05, 3.63) is 23.8 Å². The maximum absolute atomic E-state index is 10.9. The predicted molar refractivity (Wildman–Crippen MR) is 51.7 cm³/mol. The van der Waals surface area contributed by atoms with Gasteiger partial charge in [0, 0.05) is 6.08 Å². The summed E-state index contributed by atoms with van der Waals surface area (Å²) in [6.45, 7) is 0. The van der Waals surface area contributed by atoms with Gasteiger partial charge in [0.25, 0.3) is 0 Å². The Bertz CT molecular complexity index is 392. The highest BCUT2D eigenvalue weighted by Crippen LogP contribution is 2.30. The minimum atomic E-state index is -1.33. The van der Waals surface area contributed by atoms with Crippen LogP contribution in [0.2, 0.25) is 0 Å². The molecule has 0 aromatic carbocycles. The zero-order chi connectivity index (χ0) is 12.3. The predicted octanol–water partition coefficient (Wildman–Crippen LogP) is 0.359. The van der Waals surface area contributed by atoms with Crippen molar-refractivity contribution in [1.82, 2.24) is 0 Å². The monoisotopic (exact) mass is 226 g/mol. The molecule has 86 valence electrons. The fourth-order valence-electron chi connectivity index (χ4n) is 1.66. The van der Waals surface area contributed by atoms with Crippen LogP contribution < -0.4 is 0 Å². The largest absolute Gasteiger partial charge is 0.481 e. The summed E-state index contributed by atoms with van der Waals surface area (Å²) in [7, 11) is 0. The van der Waals surface area contributed by atoms with E-state index in [9.17, 15) is 14.4 Å². The van der Waals surface area contributed by atoms with E-state index in [4.69, 9.17) is 15.3 Å². The van der Waals surface area contributed by atoms with Gasteiger partial charge in [-0.15, -0.1) is 0 Å². The van der Waals surface area contributed by atoms with Crippen molar-refractivity contribution in [2.75, 3.05) is 0 Å². The van der Waals surface area contributed by atoms with E-state index in [2.05, 4.69) is 0 Å². The minimum Gasteiger partial charge on any atom is -0.481 e. The van der Waals surface area contributed by atoms with E-state index in [-0.39, 0.29) is 12.0 Å². The number of allylic oxidation sites excluding steroid dienone is 1. The van der Waals surface area contributed by atoms with Crippen LogP contribution in [0.25, 0.3) is 0 Å². The summed E-state index contributed by atoms with van der Waals surface area (Å²) < 4.78 is 0. The first kappa shape index (κ1) is 12.0. The summed E-state index contributed by atoms with van der Waals surface area (Å²) >= 11 is 0. The van der Waals surface area contributed by atoms with Crippen LogP contribution in [-0.2, 0) is 14.4 Å². The van der Waals surface area contributed by atoms with E-state index in [0.29, 0.717) is 0 Å². The molecule has 2 atom stereocenters. The molecule has 2 unspecified atom stereocenters. The zero-order valence-corrected chi connectivity index (χ0v) is 8.16. The van der Waals surface area contributed by atoms with E-state index in [1.807, 2.05) is 0 Å². The van der Waals surface area contributed by atoms with Crippen LogP contribution in [0.5, 0.6) is 0 Å². The molecular weight excluding hydrogens is 216 g/mol. The van der Waals surface area contributed by atoms with Crippen LogP contribution in [0, 0.1) is 11.8 Å². The Balaban J connectivity index is 3.13. The number of carbonyl (C=O) groups is 3. The lowest BCUT2D eigenvalue weighted by Crippen LogP contribution is -2.32. The van der Waals surface area contributed by atoms with Crippen molar-refractivity contribution in [2.24, 2.45) is 11.8 Å². The molecule has 6 nitrogen and oxygen atoms in total. The van der Waals surface area contributed by atoms with Crippen LogP contribution in [0.3, 0.4) is 0 Å². The summed E-state index contributed by atoms with van der Waals surface area (Å²) in [4.78, 5) is 32.2. The van der Waals surface area contributed by atoms with Crippen LogP contribution in [0.4, 0.5) is 0 Å². The number of rotatable bonds is 3. The second-order valence-corrected chi connectivity index (χ2v) is 3.37. The molecule has 0 aromatic rings. The molecule has 0 bridgehead atoms. The number of carboxylic acid groups (broad SMARTS) is 3. The molecule has 0 saturated heterocycles.